The van der Waals surface area contributed by atoms with Crippen molar-refractivity contribution in [3.05, 3.63) is 48.0 Å². The summed E-state index contributed by atoms with van der Waals surface area (Å²) in [5.41, 5.74) is 1.37. The van der Waals surface area contributed by atoms with Gasteiger partial charge in [0.05, 0.1) is 5.41 Å². The van der Waals surface area contributed by atoms with Crippen LogP contribution in [0, 0.1) is 0 Å². The number of aliphatic carboxylic acids is 1. The molecular weight excluding hydrogens is 296 g/mol. The van der Waals surface area contributed by atoms with Crippen LogP contribution in [0.5, 0.6) is 0 Å². The summed E-state index contributed by atoms with van der Waals surface area (Å²) in [5.74, 6) is -0.760. The van der Waals surface area contributed by atoms with Crippen molar-refractivity contribution < 1.29 is 9.90 Å². The van der Waals surface area contributed by atoms with E-state index in [-0.39, 0.29) is 0 Å². The van der Waals surface area contributed by atoms with Gasteiger partial charge >= 0.3 is 5.97 Å². The molecule has 0 amide bonds. The summed E-state index contributed by atoms with van der Waals surface area (Å²) in [7, 11) is 0. The number of carboxylic acids is 1. The first-order valence-corrected chi connectivity index (χ1v) is 9.48. The lowest BCUT2D eigenvalue weighted by Gasteiger charge is -2.25. The van der Waals surface area contributed by atoms with Gasteiger partial charge in [0.15, 0.2) is 0 Å². The predicted molar refractivity (Wildman–Crippen MR) is 103 cm³/mol. The molecule has 0 saturated carbocycles. The first kappa shape index (κ1) is 20.5. The summed E-state index contributed by atoms with van der Waals surface area (Å²) in [6.45, 7) is 7.76. The zero-order valence-corrected chi connectivity index (χ0v) is 15.5. The summed E-state index contributed by atoms with van der Waals surface area (Å²) in [4.78, 5) is 11.7. The van der Waals surface area contributed by atoms with Crippen LogP contribution in [0.2, 0.25) is 0 Å². The van der Waals surface area contributed by atoms with Gasteiger partial charge in [-0.05, 0) is 43.7 Å². The molecule has 0 bridgehead atoms. The van der Waals surface area contributed by atoms with Gasteiger partial charge in [-0.15, -0.1) is 6.58 Å². The fourth-order valence-corrected chi connectivity index (χ4v) is 3.09. The highest BCUT2D eigenvalue weighted by Crippen LogP contribution is 2.30. The Kier molecular flexibility index (Phi) is 9.44. The van der Waals surface area contributed by atoms with Gasteiger partial charge in [-0.1, -0.05) is 75.8 Å². The van der Waals surface area contributed by atoms with Crippen LogP contribution in [-0.2, 0) is 16.6 Å². The van der Waals surface area contributed by atoms with Crippen LogP contribution in [0.1, 0.15) is 82.8 Å². The molecule has 0 radical (unpaired) electrons. The van der Waals surface area contributed by atoms with Crippen molar-refractivity contribution in [2.24, 2.45) is 0 Å². The number of unbranched alkanes of at least 4 members (excludes halogenated alkanes) is 6. The Hall–Kier alpha value is -1.57. The second kappa shape index (κ2) is 11.1. The smallest absolute Gasteiger partial charge is 0.313 e. The molecule has 0 aliphatic carbocycles. The molecular formula is C22H34O2. The SMILES string of the molecule is C=CCCC(C)(C(=O)O)c1ccc(CCCCCCCCC)cc1. The number of hydrogen-bond acceptors (Lipinski definition) is 1. The molecule has 134 valence electrons. The fourth-order valence-electron chi connectivity index (χ4n) is 3.09. The van der Waals surface area contributed by atoms with E-state index in [9.17, 15) is 9.90 Å². The first-order chi connectivity index (χ1) is 11.5. The Morgan fingerprint density at radius 2 is 1.67 bits per heavy atom. The highest BCUT2D eigenvalue weighted by atomic mass is 16.4. The topological polar surface area (TPSA) is 37.3 Å². The molecule has 0 fully saturated rings. The van der Waals surface area contributed by atoms with Crippen LogP contribution in [0.15, 0.2) is 36.9 Å². The zero-order valence-electron chi connectivity index (χ0n) is 15.5. The van der Waals surface area contributed by atoms with E-state index in [1.807, 2.05) is 19.1 Å². The molecule has 24 heavy (non-hydrogen) atoms. The number of benzene rings is 1. The van der Waals surface area contributed by atoms with E-state index in [4.69, 9.17) is 0 Å². The highest BCUT2D eigenvalue weighted by molar-refractivity contribution is 5.80. The molecule has 1 unspecified atom stereocenters. The Morgan fingerprint density at radius 1 is 1.08 bits per heavy atom. The van der Waals surface area contributed by atoms with Crippen LogP contribution in [0.3, 0.4) is 0 Å². The number of rotatable bonds is 13. The largest absolute Gasteiger partial charge is 0.481 e. The van der Waals surface area contributed by atoms with Crippen LogP contribution in [0.25, 0.3) is 0 Å². The van der Waals surface area contributed by atoms with Crippen molar-refractivity contribution in [3.8, 4) is 0 Å². The second-order valence-corrected chi connectivity index (χ2v) is 7.03. The van der Waals surface area contributed by atoms with Gasteiger partial charge in [0.2, 0.25) is 0 Å². The minimum atomic E-state index is -0.827. The third kappa shape index (κ3) is 6.51. The summed E-state index contributed by atoms with van der Waals surface area (Å²) in [6, 6.07) is 8.19. The normalized spacial score (nSPS) is 13.4. The Balaban J connectivity index is 2.49. The van der Waals surface area contributed by atoms with Crippen LogP contribution in [0.4, 0.5) is 0 Å². The summed E-state index contributed by atoms with van der Waals surface area (Å²) in [6.07, 6.45) is 13.4. The van der Waals surface area contributed by atoms with Crippen molar-refractivity contribution in [3.63, 3.8) is 0 Å². The number of aryl methyl sites for hydroxylation is 1. The molecule has 2 nitrogen and oxygen atoms in total. The molecule has 1 aromatic rings. The lowest BCUT2D eigenvalue weighted by molar-refractivity contribution is -0.143. The van der Waals surface area contributed by atoms with Crippen molar-refractivity contribution in [1.29, 1.82) is 0 Å². The van der Waals surface area contributed by atoms with E-state index in [1.165, 1.54) is 50.5 Å². The maximum absolute atomic E-state index is 11.7. The van der Waals surface area contributed by atoms with Crippen LogP contribution in [-0.4, -0.2) is 11.1 Å². The maximum Gasteiger partial charge on any atom is 0.313 e. The van der Waals surface area contributed by atoms with E-state index in [2.05, 4.69) is 25.6 Å². The first-order valence-electron chi connectivity index (χ1n) is 9.48. The fraction of sp³-hybridized carbons (Fsp3) is 0.591. The summed E-state index contributed by atoms with van der Waals surface area (Å²) < 4.78 is 0. The molecule has 0 aliphatic heterocycles. The van der Waals surface area contributed by atoms with Gasteiger partial charge in [0.1, 0.15) is 0 Å². The van der Waals surface area contributed by atoms with Crippen molar-refractivity contribution in [2.75, 3.05) is 0 Å². The van der Waals surface area contributed by atoms with Crippen molar-refractivity contribution in [2.45, 2.75) is 83.5 Å². The molecule has 1 rings (SSSR count). The summed E-state index contributed by atoms with van der Waals surface area (Å²) >= 11 is 0. The van der Waals surface area contributed by atoms with E-state index >= 15 is 0 Å². The Morgan fingerprint density at radius 3 is 2.21 bits per heavy atom. The molecule has 0 spiro atoms. The number of allylic oxidation sites excluding steroid dienone is 1. The summed E-state index contributed by atoms with van der Waals surface area (Å²) in [5, 5.41) is 9.61. The molecule has 0 aromatic heterocycles. The molecule has 0 saturated heterocycles. The van der Waals surface area contributed by atoms with Gasteiger partial charge in [-0.25, -0.2) is 0 Å². The molecule has 1 atom stereocenters. The average molecular weight is 331 g/mol. The minimum absolute atomic E-state index is 0.586. The van der Waals surface area contributed by atoms with E-state index in [0.29, 0.717) is 12.8 Å². The second-order valence-electron chi connectivity index (χ2n) is 7.03. The number of hydrogen-bond donors (Lipinski definition) is 1. The van der Waals surface area contributed by atoms with Crippen LogP contribution >= 0.6 is 0 Å². The van der Waals surface area contributed by atoms with Crippen molar-refractivity contribution in [1.82, 2.24) is 0 Å². The molecule has 0 heterocycles. The van der Waals surface area contributed by atoms with Gasteiger partial charge < -0.3 is 5.11 Å². The van der Waals surface area contributed by atoms with Gasteiger partial charge in [0, 0.05) is 0 Å². The van der Waals surface area contributed by atoms with E-state index in [0.717, 1.165) is 12.0 Å². The lowest BCUT2D eigenvalue weighted by atomic mass is 9.78. The van der Waals surface area contributed by atoms with Gasteiger partial charge in [-0.3, -0.25) is 4.79 Å². The third-order valence-corrected chi connectivity index (χ3v) is 4.98. The average Bonchev–Trinajstić information content (AvgIpc) is 2.59. The lowest BCUT2D eigenvalue weighted by Crippen LogP contribution is -2.32. The number of carbonyl (C=O) groups is 1. The van der Waals surface area contributed by atoms with Crippen molar-refractivity contribution >= 4 is 5.97 Å². The Bertz CT molecular complexity index is 489. The van der Waals surface area contributed by atoms with Gasteiger partial charge in [-0.2, -0.15) is 0 Å². The van der Waals surface area contributed by atoms with Crippen LogP contribution < -0.4 is 0 Å². The number of carboxylic acid groups (broad SMARTS) is 1. The highest BCUT2D eigenvalue weighted by Gasteiger charge is 2.34. The molecule has 1 aromatic carbocycles. The zero-order chi connectivity index (χ0) is 17.8. The standard InChI is InChI=1S/C22H34O2/c1-4-6-8-9-10-11-12-13-19-14-16-20(17-15-19)22(3,21(23)24)18-7-5-2/h5,14-17H,2,4,6-13,18H2,1,3H3,(H,23,24). The molecule has 1 N–H and O–H groups in total. The predicted octanol–water partition coefficient (Wildman–Crippen LogP) is 6.29. The molecule has 0 aliphatic rings. The minimum Gasteiger partial charge on any atom is -0.481 e. The van der Waals surface area contributed by atoms with E-state index < -0.39 is 11.4 Å². The third-order valence-electron chi connectivity index (χ3n) is 4.98. The Labute approximate surface area is 148 Å². The maximum atomic E-state index is 11.7. The van der Waals surface area contributed by atoms with E-state index in [1.54, 1.807) is 6.08 Å². The molecule has 2 heteroatoms. The quantitative estimate of drug-likeness (QED) is 0.341. The monoisotopic (exact) mass is 330 g/mol. The van der Waals surface area contributed by atoms with Gasteiger partial charge in [0.25, 0.3) is 0 Å².